The Morgan fingerprint density at radius 1 is 1.21 bits per heavy atom. The van der Waals surface area contributed by atoms with Crippen LogP contribution in [0.5, 0.6) is 5.75 Å². The number of nitro benzene ring substituents is 1. The Balaban J connectivity index is 1.67. The third-order valence-corrected chi connectivity index (χ3v) is 4.17. The van der Waals surface area contributed by atoms with E-state index in [0.717, 1.165) is 11.0 Å². The van der Waals surface area contributed by atoms with Crippen LogP contribution in [0.2, 0.25) is 5.02 Å². The number of ketones is 1. The molecule has 1 amide bonds. The lowest BCUT2D eigenvalue weighted by Crippen LogP contribution is -2.42. The number of anilines is 1. The van der Waals surface area contributed by atoms with Gasteiger partial charge in [0.25, 0.3) is 11.6 Å². The highest BCUT2D eigenvalue weighted by Crippen LogP contribution is 2.35. The summed E-state index contributed by atoms with van der Waals surface area (Å²) >= 11 is 5.75. The van der Waals surface area contributed by atoms with Crippen molar-refractivity contribution in [3.63, 3.8) is 0 Å². The average Bonchev–Trinajstić information content (AvgIpc) is 2.68. The first-order chi connectivity index (χ1) is 13.3. The van der Waals surface area contributed by atoms with Gasteiger partial charge in [-0.1, -0.05) is 11.6 Å². The first kappa shape index (κ1) is 19.3. The maximum absolute atomic E-state index is 12.1. The maximum atomic E-state index is 12.1. The number of hydrogen-bond donors (Lipinski definition) is 0. The summed E-state index contributed by atoms with van der Waals surface area (Å²) < 4.78 is 10.2. The monoisotopic (exact) mass is 404 g/mol. The van der Waals surface area contributed by atoms with Crippen LogP contribution in [0, 0.1) is 10.1 Å². The standard InChI is InChI=1S/C18H13ClN2O7/c19-12-3-1-11(2-4-12)15(22)9-28-18(24)8-20-14-7-13(21(25)26)5-6-16(14)27-10-17(20)23/h1-7H,8-10H2. The third kappa shape index (κ3) is 4.26. The molecule has 0 atom stereocenters. The summed E-state index contributed by atoms with van der Waals surface area (Å²) in [6.07, 6.45) is 0. The van der Waals surface area contributed by atoms with E-state index in [1.165, 1.54) is 36.4 Å². The number of carbonyl (C=O) groups is 3. The van der Waals surface area contributed by atoms with Crippen molar-refractivity contribution in [3.05, 3.63) is 63.2 Å². The molecule has 1 aliphatic heterocycles. The van der Waals surface area contributed by atoms with Crippen LogP contribution in [0.25, 0.3) is 0 Å². The van der Waals surface area contributed by atoms with E-state index < -0.39 is 35.7 Å². The third-order valence-electron chi connectivity index (χ3n) is 3.91. The SMILES string of the molecule is O=C(CN1C(=O)COc2ccc([N+](=O)[O-])cc21)OCC(=O)c1ccc(Cl)cc1. The van der Waals surface area contributed by atoms with Crippen LogP contribution in [0.1, 0.15) is 10.4 Å². The highest BCUT2D eigenvalue weighted by Gasteiger charge is 2.29. The molecule has 0 unspecified atom stereocenters. The van der Waals surface area contributed by atoms with Crippen LogP contribution < -0.4 is 9.64 Å². The van der Waals surface area contributed by atoms with Crippen LogP contribution in [-0.4, -0.2) is 42.3 Å². The molecule has 0 spiro atoms. The van der Waals surface area contributed by atoms with Gasteiger partial charge < -0.3 is 9.47 Å². The molecular weight excluding hydrogens is 392 g/mol. The maximum Gasteiger partial charge on any atom is 0.326 e. The summed E-state index contributed by atoms with van der Waals surface area (Å²) in [5, 5.41) is 11.4. The van der Waals surface area contributed by atoms with Gasteiger partial charge in [0.15, 0.2) is 19.0 Å². The summed E-state index contributed by atoms with van der Waals surface area (Å²) in [6.45, 7) is -1.34. The molecule has 0 radical (unpaired) electrons. The van der Waals surface area contributed by atoms with Crippen molar-refractivity contribution in [2.24, 2.45) is 0 Å². The molecule has 0 saturated carbocycles. The Morgan fingerprint density at radius 2 is 1.93 bits per heavy atom. The number of rotatable bonds is 6. The van der Waals surface area contributed by atoms with Crippen LogP contribution >= 0.6 is 11.6 Å². The number of halogens is 1. The summed E-state index contributed by atoms with van der Waals surface area (Å²) in [7, 11) is 0. The Hall–Kier alpha value is -3.46. The van der Waals surface area contributed by atoms with Gasteiger partial charge in [-0.2, -0.15) is 0 Å². The molecule has 2 aromatic carbocycles. The fraction of sp³-hybridized carbons (Fsp3) is 0.167. The molecule has 0 saturated heterocycles. The molecule has 9 nitrogen and oxygen atoms in total. The van der Waals surface area contributed by atoms with Gasteiger partial charge in [0.1, 0.15) is 12.3 Å². The summed E-state index contributed by atoms with van der Waals surface area (Å²) in [6, 6.07) is 9.79. The first-order valence-corrected chi connectivity index (χ1v) is 8.39. The quantitative estimate of drug-likeness (QED) is 0.314. The second-order valence-electron chi connectivity index (χ2n) is 5.77. The molecule has 0 N–H and O–H groups in total. The number of fused-ring (bicyclic) bond motifs is 1. The van der Waals surface area contributed by atoms with E-state index in [4.69, 9.17) is 21.1 Å². The van der Waals surface area contributed by atoms with Crippen LogP contribution in [0.3, 0.4) is 0 Å². The number of nitro groups is 1. The normalized spacial score (nSPS) is 12.8. The van der Waals surface area contributed by atoms with Crippen molar-refractivity contribution in [2.45, 2.75) is 0 Å². The summed E-state index contributed by atoms with van der Waals surface area (Å²) in [5.41, 5.74) is 0.153. The van der Waals surface area contributed by atoms with Gasteiger partial charge in [-0.05, 0) is 30.3 Å². The lowest BCUT2D eigenvalue weighted by Gasteiger charge is -2.28. The Morgan fingerprint density at radius 3 is 2.61 bits per heavy atom. The van der Waals surface area contributed by atoms with Gasteiger partial charge >= 0.3 is 5.97 Å². The van der Waals surface area contributed by atoms with Crippen LogP contribution in [0.15, 0.2) is 42.5 Å². The molecule has 0 aromatic heterocycles. The molecular formula is C18H13ClN2O7. The molecule has 0 fully saturated rings. The summed E-state index contributed by atoms with van der Waals surface area (Å²) in [4.78, 5) is 47.6. The number of amides is 1. The Bertz CT molecular complexity index is 959. The number of ether oxygens (including phenoxy) is 2. The fourth-order valence-electron chi connectivity index (χ4n) is 2.52. The largest absolute Gasteiger partial charge is 0.482 e. The molecule has 2 aromatic rings. The molecule has 1 aliphatic rings. The highest BCUT2D eigenvalue weighted by molar-refractivity contribution is 6.30. The molecule has 144 valence electrons. The minimum Gasteiger partial charge on any atom is -0.482 e. The van der Waals surface area contributed by atoms with E-state index in [2.05, 4.69) is 0 Å². The topological polar surface area (TPSA) is 116 Å². The number of benzene rings is 2. The predicted molar refractivity (Wildman–Crippen MR) is 97.7 cm³/mol. The number of Topliss-reactive ketones (excluding diaryl/α,β-unsaturated/α-hetero) is 1. The zero-order chi connectivity index (χ0) is 20.3. The molecule has 1 heterocycles. The van der Waals surface area contributed by atoms with Gasteiger partial charge in [-0.3, -0.25) is 29.4 Å². The minimum absolute atomic E-state index is 0.0893. The average molecular weight is 405 g/mol. The highest BCUT2D eigenvalue weighted by atomic mass is 35.5. The second kappa shape index (κ2) is 8.05. The smallest absolute Gasteiger partial charge is 0.326 e. The Kier molecular flexibility index (Phi) is 5.55. The molecule has 10 heteroatoms. The van der Waals surface area contributed by atoms with E-state index >= 15 is 0 Å². The van der Waals surface area contributed by atoms with Gasteiger partial charge in [0.2, 0.25) is 0 Å². The van der Waals surface area contributed by atoms with Crippen molar-refractivity contribution in [2.75, 3.05) is 24.7 Å². The van der Waals surface area contributed by atoms with Gasteiger partial charge in [-0.15, -0.1) is 0 Å². The van der Waals surface area contributed by atoms with Crippen molar-refractivity contribution in [1.29, 1.82) is 0 Å². The van der Waals surface area contributed by atoms with Crippen molar-refractivity contribution < 1.29 is 28.8 Å². The molecule has 3 rings (SSSR count). The van der Waals surface area contributed by atoms with Crippen LogP contribution in [0.4, 0.5) is 11.4 Å². The van der Waals surface area contributed by atoms with E-state index in [1.807, 2.05) is 0 Å². The van der Waals surface area contributed by atoms with E-state index in [0.29, 0.717) is 10.6 Å². The van der Waals surface area contributed by atoms with Gasteiger partial charge in [-0.25, -0.2) is 0 Å². The lowest BCUT2D eigenvalue weighted by atomic mass is 10.1. The Labute approximate surface area is 163 Å². The van der Waals surface area contributed by atoms with Crippen molar-refractivity contribution in [1.82, 2.24) is 0 Å². The number of non-ortho nitro benzene ring substituents is 1. The van der Waals surface area contributed by atoms with Crippen molar-refractivity contribution in [3.8, 4) is 5.75 Å². The minimum atomic E-state index is -0.838. The molecule has 0 aliphatic carbocycles. The number of hydrogen-bond acceptors (Lipinski definition) is 7. The van der Waals surface area contributed by atoms with E-state index in [1.54, 1.807) is 0 Å². The molecule has 28 heavy (non-hydrogen) atoms. The van der Waals surface area contributed by atoms with Crippen LogP contribution in [-0.2, 0) is 14.3 Å². The van der Waals surface area contributed by atoms with Crippen molar-refractivity contribution >= 4 is 40.6 Å². The summed E-state index contributed by atoms with van der Waals surface area (Å²) in [5.74, 6) is -1.60. The zero-order valence-corrected chi connectivity index (χ0v) is 15.0. The fourth-order valence-corrected chi connectivity index (χ4v) is 2.64. The molecule has 0 bridgehead atoms. The number of esters is 1. The van der Waals surface area contributed by atoms with Gasteiger partial charge in [0, 0.05) is 22.7 Å². The lowest BCUT2D eigenvalue weighted by molar-refractivity contribution is -0.384. The number of nitrogens with zero attached hydrogens (tertiary/aromatic N) is 2. The second-order valence-corrected chi connectivity index (χ2v) is 6.20. The first-order valence-electron chi connectivity index (χ1n) is 8.01. The van der Waals surface area contributed by atoms with Gasteiger partial charge in [0.05, 0.1) is 10.6 Å². The predicted octanol–water partition coefficient (Wildman–Crippen LogP) is 2.40. The van der Waals surface area contributed by atoms with E-state index in [9.17, 15) is 24.5 Å². The van der Waals surface area contributed by atoms with E-state index in [-0.39, 0.29) is 23.7 Å². The zero-order valence-electron chi connectivity index (χ0n) is 14.3. The number of carbonyl (C=O) groups excluding carboxylic acids is 3.